The van der Waals surface area contributed by atoms with Gasteiger partial charge in [0.05, 0.1) is 0 Å². The Labute approximate surface area is 251 Å². The number of carbonyl (C=O) groups is 3. The lowest BCUT2D eigenvalue weighted by Crippen LogP contribution is -2.53. The van der Waals surface area contributed by atoms with Gasteiger partial charge in [-0.1, -0.05) is 92.8 Å². The van der Waals surface area contributed by atoms with Crippen molar-refractivity contribution in [2.45, 2.75) is 97.4 Å². The highest BCUT2D eigenvalue weighted by atomic mass is 32.2. The van der Waals surface area contributed by atoms with Crippen molar-refractivity contribution in [1.82, 2.24) is 15.5 Å². The largest absolute Gasteiger partial charge is 0.444 e. The van der Waals surface area contributed by atoms with Crippen LogP contribution in [-0.2, 0) is 20.9 Å². The molecule has 2 aromatic rings. The summed E-state index contributed by atoms with van der Waals surface area (Å²) in [7, 11) is 0. The Kier molecular flexibility index (Phi) is 14.8. The summed E-state index contributed by atoms with van der Waals surface area (Å²) >= 11 is 1.60. The highest BCUT2D eigenvalue weighted by Crippen LogP contribution is 2.25. The molecule has 7 nitrogen and oxygen atoms in total. The molecule has 2 aromatic carbocycles. The first-order chi connectivity index (χ1) is 19.6. The average molecular weight is 584 g/mol. The summed E-state index contributed by atoms with van der Waals surface area (Å²) in [6.07, 6.45) is 6.79. The number of carbonyl (C=O) groups excluding carboxylic acids is 3. The number of nitrogens with zero attached hydrogens (tertiary/aromatic N) is 1. The maximum atomic E-state index is 14.3. The molecule has 8 heteroatoms. The Hall–Kier alpha value is -3.00. The zero-order valence-corrected chi connectivity index (χ0v) is 26.5. The van der Waals surface area contributed by atoms with Gasteiger partial charge in [-0.05, 0) is 63.7 Å². The predicted molar refractivity (Wildman–Crippen MR) is 169 cm³/mol. The number of amides is 3. The monoisotopic (exact) mass is 583 g/mol. The Balaban J connectivity index is 2.43. The smallest absolute Gasteiger partial charge is 0.408 e. The van der Waals surface area contributed by atoms with E-state index in [4.69, 9.17) is 4.74 Å². The van der Waals surface area contributed by atoms with Crippen molar-refractivity contribution in [1.29, 1.82) is 0 Å². The van der Waals surface area contributed by atoms with Crippen molar-refractivity contribution in [3.8, 4) is 0 Å². The van der Waals surface area contributed by atoms with Crippen molar-refractivity contribution in [3.63, 3.8) is 0 Å². The molecule has 0 aliphatic carbocycles. The topological polar surface area (TPSA) is 87.7 Å². The molecule has 2 atom stereocenters. The number of benzene rings is 2. The first-order valence-corrected chi connectivity index (χ1v) is 16.1. The fourth-order valence-corrected chi connectivity index (χ4v) is 4.97. The van der Waals surface area contributed by atoms with Crippen LogP contribution in [0.15, 0.2) is 54.6 Å². The lowest BCUT2D eigenvalue weighted by atomic mass is 10.00. The minimum absolute atomic E-state index is 0.250. The van der Waals surface area contributed by atoms with Gasteiger partial charge < -0.3 is 20.3 Å². The molecule has 3 amide bonds. The molecule has 0 fully saturated rings. The predicted octanol–water partition coefficient (Wildman–Crippen LogP) is 6.80. The summed E-state index contributed by atoms with van der Waals surface area (Å²) in [5.74, 6) is 0.146. The second-order valence-corrected chi connectivity index (χ2v) is 12.4. The zero-order chi connectivity index (χ0) is 30.3. The highest BCUT2D eigenvalue weighted by molar-refractivity contribution is 7.98. The van der Waals surface area contributed by atoms with Crippen LogP contribution in [0.2, 0.25) is 0 Å². The molecule has 226 valence electrons. The number of nitrogens with one attached hydrogen (secondary N) is 2. The number of hydrogen-bond acceptors (Lipinski definition) is 5. The SMILES string of the molecule is CCCCCCCN(C(=O)C(CCSC)NC(=O)OC(C)(C)C)C(C(=O)NCc1ccccc1)c1ccc(C)cc1. The van der Waals surface area contributed by atoms with Crippen LogP contribution in [0.1, 0.15) is 89.0 Å². The number of thioether (sulfide) groups is 1. The lowest BCUT2D eigenvalue weighted by molar-refractivity contribution is -0.142. The van der Waals surface area contributed by atoms with E-state index in [-0.39, 0.29) is 11.8 Å². The van der Waals surface area contributed by atoms with E-state index in [1.165, 1.54) is 0 Å². The molecule has 0 aliphatic heterocycles. The van der Waals surface area contributed by atoms with Crippen LogP contribution in [0.3, 0.4) is 0 Å². The Bertz CT molecular complexity index is 1070. The molecule has 0 spiro atoms. The van der Waals surface area contributed by atoms with Gasteiger partial charge in [0.1, 0.15) is 17.7 Å². The van der Waals surface area contributed by atoms with Crippen molar-refractivity contribution in [2.75, 3.05) is 18.6 Å². The molecule has 2 rings (SSSR count). The van der Waals surface area contributed by atoms with Crippen LogP contribution < -0.4 is 10.6 Å². The number of aryl methyl sites for hydroxylation is 1. The van der Waals surface area contributed by atoms with Gasteiger partial charge in [-0.15, -0.1) is 0 Å². The number of rotatable bonds is 16. The number of ether oxygens (including phenoxy) is 1. The Morgan fingerprint density at radius 2 is 1.61 bits per heavy atom. The molecule has 0 saturated heterocycles. The van der Waals surface area contributed by atoms with E-state index in [0.29, 0.717) is 25.3 Å². The molecule has 2 unspecified atom stereocenters. The molecule has 2 N–H and O–H groups in total. The summed E-state index contributed by atoms with van der Waals surface area (Å²) in [4.78, 5) is 42.6. The summed E-state index contributed by atoms with van der Waals surface area (Å²) in [6, 6.07) is 15.8. The maximum absolute atomic E-state index is 14.3. The van der Waals surface area contributed by atoms with Crippen molar-refractivity contribution in [3.05, 3.63) is 71.3 Å². The van der Waals surface area contributed by atoms with Gasteiger partial charge in [0.2, 0.25) is 11.8 Å². The van der Waals surface area contributed by atoms with Crippen LogP contribution in [0.5, 0.6) is 0 Å². The molecule has 0 heterocycles. The third kappa shape index (κ3) is 12.6. The van der Waals surface area contributed by atoms with Crippen LogP contribution in [0.25, 0.3) is 0 Å². The van der Waals surface area contributed by atoms with E-state index in [1.807, 2.05) is 67.8 Å². The molecular formula is C33H49N3O4S. The second kappa shape index (κ2) is 17.7. The summed E-state index contributed by atoms with van der Waals surface area (Å²) < 4.78 is 5.49. The number of alkyl carbamates (subject to hydrolysis) is 1. The first-order valence-electron chi connectivity index (χ1n) is 14.7. The van der Waals surface area contributed by atoms with E-state index in [9.17, 15) is 14.4 Å². The minimum Gasteiger partial charge on any atom is -0.444 e. The fourth-order valence-electron chi connectivity index (χ4n) is 4.50. The molecule has 0 aromatic heterocycles. The van der Waals surface area contributed by atoms with Gasteiger partial charge in [0, 0.05) is 13.1 Å². The quantitative estimate of drug-likeness (QED) is 0.212. The number of hydrogen-bond donors (Lipinski definition) is 2. The molecule has 0 saturated carbocycles. The number of unbranched alkanes of at least 4 members (excludes halogenated alkanes) is 4. The third-order valence-corrected chi connectivity index (χ3v) is 7.29. The minimum atomic E-state index is -0.838. The van der Waals surface area contributed by atoms with E-state index in [1.54, 1.807) is 37.4 Å². The standard InChI is InChI=1S/C33H49N3O4S/c1-7-8-9-10-14-22-36(31(38)28(21-23-41-6)35-32(39)40-33(3,4)5)29(27-19-17-25(2)18-20-27)30(37)34-24-26-15-12-11-13-16-26/h11-13,15-20,28-29H,7-10,14,21-24H2,1-6H3,(H,34,37)(H,35,39). The van der Waals surface area contributed by atoms with Crippen molar-refractivity contribution in [2.24, 2.45) is 0 Å². The van der Waals surface area contributed by atoms with Gasteiger partial charge >= 0.3 is 6.09 Å². The highest BCUT2D eigenvalue weighted by Gasteiger charge is 2.36. The van der Waals surface area contributed by atoms with Crippen molar-refractivity contribution >= 4 is 29.7 Å². The van der Waals surface area contributed by atoms with E-state index in [2.05, 4.69) is 17.6 Å². The lowest BCUT2D eigenvalue weighted by Gasteiger charge is -2.34. The van der Waals surface area contributed by atoms with E-state index >= 15 is 0 Å². The van der Waals surface area contributed by atoms with Gasteiger partial charge in [-0.25, -0.2) is 4.79 Å². The van der Waals surface area contributed by atoms with Crippen LogP contribution in [0, 0.1) is 6.92 Å². The summed E-state index contributed by atoms with van der Waals surface area (Å²) in [5.41, 5.74) is 2.09. The van der Waals surface area contributed by atoms with Crippen LogP contribution in [0.4, 0.5) is 4.79 Å². The second-order valence-electron chi connectivity index (χ2n) is 11.4. The third-order valence-electron chi connectivity index (χ3n) is 6.65. The molecule has 0 aliphatic rings. The molecule has 0 radical (unpaired) electrons. The Morgan fingerprint density at radius 1 is 0.951 bits per heavy atom. The fraction of sp³-hybridized carbons (Fsp3) is 0.545. The van der Waals surface area contributed by atoms with Crippen molar-refractivity contribution < 1.29 is 19.1 Å². The molecular weight excluding hydrogens is 534 g/mol. The summed E-state index contributed by atoms with van der Waals surface area (Å²) in [6.45, 7) is 10.3. The van der Waals surface area contributed by atoms with Gasteiger partial charge in [-0.3, -0.25) is 9.59 Å². The Morgan fingerprint density at radius 3 is 2.22 bits per heavy atom. The van der Waals surface area contributed by atoms with Crippen LogP contribution >= 0.6 is 11.8 Å². The van der Waals surface area contributed by atoms with Gasteiger partial charge in [0.25, 0.3) is 0 Å². The van der Waals surface area contributed by atoms with Crippen LogP contribution in [-0.4, -0.2) is 53.0 Å². The average Bonchev–Trinajstić information content (AvgIpc) is 2.93. The summed E-state index contributed by atoms with van der Waals surface area (Å²) in [5, 5.41) is 5.88. The van der Waals surface area contributed by atoms with Gasteiger partial charge in [0.15, 0.2) is 0 Å². The van der Waals surface area contributed by atoms with E-state index in [0.717, 1.165) is 48.8 Å². The maximum Gasteiger partial charge on any atom is 0.408 e. The molecule has 0 bridgehead atoms. The molecule has 41 heavy (non-hydrogen) atoms. The van der Waals surface area contributed by atoms with E-state index < -0.39 is 23.8 Å². The zero-order valence-electron chi connectivity index (χ0n) is 25.7. The van der Waals surface area contributed by atoms with Gasteiger partial charge in [-0.2, -0.15) is 11.8 Å². The first kappa shape index (κ1) is 34.2. The normalized spacial score (nSPS) is 12.7.